The topological polar surface area (TPSA) is 143 Å². The highest BCUT2D eigenvalue weighted by molar-refractivity contribution is 7.99. The molecule has 57 heavy (non-hydrogen) atoms. The van der Waals surface area contributed by atoms with Crippen LogP contribution in [0.2, 0.25) is 0 Å². The fourth-order valence-electron chi connectivity index (χ4n) is 7.59. The number of sulfonamides is 1. The number of ether oxygens (including phenoxy) is 2. The van der Waals surface area contributed by atoms with Gasteiger partial charge in [0, 0.05) is 72.3 Å². The largest absolute Gasteiger partial charge is 0.586 e. The van der Waals surface area contributed by atoms with Crippen molar-refractivity contribution in [1.29, 1.82) is 0 Å². The highest BCUT2D eigenvalue weighted by Gasteiger charge is 2.45. The van der Waals surface area contributed by atoms with Gasteiger partial charge in [0.1, 0.15) is 5.69 Å². The molecule has 0 saturated carbocycles. The first-order chi connectivity index (χ1) is 27.4. The van der Waals surface area contributed by atoms with Gasteiger partial charge in [-0.15, -0.1) is 20.5 Å². The highest BCUT2D eigenvalue weighted by atomic mass is 32.2. The molecule has 12 nitrogen and oxygen atoms in total. The van der Waals surface area contributed by atoms with E-state index >= 15 is 0 Å². The molecular weight excluding hydrogens is 777 g/mol. The molecule has 3 aliphatic rings. The maximum absolute atomic E-state index is 14.0. The Morgan fingerprint density at radius 3 is 2.54 bits per heavy atom. The molecule has 0 unspecified atom stereocenters. The van der Waals surface area contributed by atoms with Crippen molar-refractivity contribution in [3.05, 3.63) is 136 Å². The number of carbonyl (C=O) groups is 1. The van der Waals surface area contributed by atoms with Crippen molar-refractivity contribution in [2.24, 2.45) is 0 Å². The van der Waals surface area contributed by atoms with Crippen LogP contribution < -0.4 is 24.4 Å². The number of nitrogens with zero attached hydrogens (tertiary/aromatic N) is 3. The molecule has 16 heteroatoms. The van der Waals surface area contributed by atoms with Crippen molar-refractivity contribution in [3.8, 4) is 22.6 Å². The van der Waals surface area contributed by atoms with Crippen LogP contribution >= 0.6 is 11.8 Å². The molecule has 5 aromatic rings. The Labute approximate surface area is 332 Å². The number of hydrogen-bond acceptors (Lipinski definition) is 11. The number of aryl methyl sites for hydroxylation is 1. The van der Waals surface area contributed by atoms with Crippen LogP contribution in [-0.2, 0) is 23.0 Å². The minimum Gasteiger partial charge on any atom is -0.395 e. The maximum atomic E-state index is 14.0. The van der Waals surface area contributed by atoms with Crippen LogP contribution in [0.1, 0.15) is 27.9 Å². The summed E-state index contributed by atoms with van der Waals surface area (Å²) in [6.45, 7) is 3.19. The number of carbonyl (C=O) groups excluding carboxylic acids is 1. The molecule has 8 rings (SSSR count). The molecule has 1 saturated heterocycles. The lowest BCUT2D eigenvalue weighted by molar-refractivity contribution is -0.384. The van der Waals surface area contributed by atoms with Crippen molar-refractivity contribution in [3.63, 3.8) is 0 Å². The molecule has 0 aliphatic carbocycles. The quantitative estimate of drug-likeness (QED) is 0.0558. The number of rotatable bonds is 12. The summed E-state index contributed by atoms with van der Waals surface area (Å²) in [7, 11) is -4.44. The summed E-state index contributed by atoms with van der Waals surface area (Å²) >= 11 is 1.58. The number of nitro groups is 1. The van der Waals surface area contributed by atoms with E-state index < -0.39 is 37.7 Å². The van der Waals surface area contributed by atoms with Gasteiger partial charge in [0.2, 0.25) is 0 Å². The van der Waals surface area contributed by atoms with E-state index in [-0.39, 0.29) is 28.8 Å². The second kappa shape index (κ2) is 15.7. The van der Waals surface area contributed by atoms with Crippen LogP contribution in [0.15, 0.2) is 119 Å². The van der Waals surface area contributed by atoms with Crippen LogP contribution in [0.25, 0.3) is 11.1 Å². The van der Waals surface area contributed by atoms with Crippen LogP contribution in [0.4, 0.5) is 25.8 Å². The number of piperazine rings is 1. The number of halogens is 2. The summed E-state index contributed by atoms with van der Waals surface area (Å²) in [5, 5.41) is 14.9. The van der Waals surface area contributed by atoms with Crippen LogP contribution in [0.5, 0.6) is 11.5 Å². The van der Waals surface area contributed by atoms with E-state index in [1.165, 1.54) is 18.2 Å². The van der Waals surface area contributed by atoms with E-state index in [1.54, 1.807) is 36.0 Å². The Bertz CT molecular complexity index is 2460. The smallest absolute Gasteiger partial charge is 0.395 e. The third-order valence-corrected chi connectivity index (χ3v) is 12.6. The molecule has 3 aliphatic heterocycles. The number of fused-ring (bicyclic) bond motifs is 4. The highest BCUT2D eigenvalue weighted by Crippen LogP contribution is 2.48. The molecule has 1 amide bonds. The first-order valence-corrected chi connectivity index (χ1v) is 20.8. The molecule has 0 radical (unpaired) electrons. The van der Waals surface area contributed by atoms with Gasteiger partial charge >= 0.3 is 6.29 Å². The van der Waals surface area contributed by atoms with Gasteiger partial charge in [0.15, 0.2) is 11.5 Å². The number of thioether (sulfide) groups is 1. The first kappa shape index (κ1) is 38.2. The SMILES string of the molecule is O=C(NS(=O)(=O)c1ccc(NCCSc2ccccc2)c([N+](=O)[O-])c1)c1ccc2c(c1)CC[C@@H]1CN(Cc3ccccc3-c3cccc4c3OC(F)(F)O4)CCN21. The Morgan fingerprint density at radius 1 is 0.930 bits per heavy atom. The molecule has 1 fully saturated rings. The normalized spacial score (nSPS) is 17.0. The molecule has 0 spiro atoms. The van der Waals surface area contributed by atoms with Gasteiger partial charge in [0.25, 0.3) is 21.6 Å². The number of amides is 1. The van der Waals surface area contributed by atoms with Crippen molar-refractivity contribution in [2.45, 2.75) is 41.5 Å². The molecule has 0 bridgehead atoms. The standard InChI is InChI=1S/C41H37F2N5O7S2/c42-41(43)54-38-12-6-11-34(39(38)55-41)33-10-5-4-7-29(33)25-46-20-21-47-30(26-46)15-13-27-23-28(14-18-36(27)47)40(49)45-57(52,53)32-16-17-35(37(24-32)48(50)51)44-19-22-56-31-8-2-1-3-9-31/h1-12,14,16-18,23-24,30,44H,13,15,19-22,25-26H2,(H,45,49)/t30-/m1/s1. The Morgan fingerprint density at radius 2 is 1.72 bits per heavy atom. The van der Waals surface area contributed by atoms with E-state index in [1.807, 2.05) is 60.7 Å². The summed E-state index contributed by atoms with van der Waals surface area (Å²) in [6.07, 6.45) is -2.25. The molecule has 1 atom stereocenters. The molecule has 0 aromatic heterocycles. The maximum Gasteiger partial charge on any atom is 0.586 e. The number of benzene rings is 5. The molecule has 2 N–H and O–H groups in total. The lowest BCUT2D eigenvalue weighted by Gasteiger charge is -2.46. The average molecular weight is 814 g/mol. The van der Waals surface area contributed by atoms with E-state index in [9.17, 15) is 32.1 Å². The predicted octanol–water partition coefficient (Wildman–Crippen LogP) is 7.54. The number of hydrogen-bond donors (Lipinski definition) is 2. The summed E-state index contributed by atoms with van der Waals surface area (Å²) in [4.78, 5) is 29.9. The van der Waals surface area contributed by atoms with Gasteiger partial charge in [-0.1, -0.05) is 54.6 Å². The van der Waals surface area contributed by atoms with Crippen molar-refractivity contribution >= 4 is 44.8 Å². The second-order valence-electron chi connectivity index (χ2n) is 13.9. The number of anilines is 2. The Hall–Kier alpha value is -5.71. The number of para-hydroxylation sites is 1. The average Bonchev–Trinajstić information content (AvgIpc) is 3.53. The van der Waals surface area contributed by atoms with Crippen molar-refractivity contribution in [2.75, 3.05) is 42.1 Å². The zero-order valence-electron chi connectivity index (χ0n) is 30.4. The fourth-order valence-corrected chi connectivity index (χ4v) is 9.37. The third kappa shape index (κ3) is 8.24. The number of alkyl halides is 2. The second-order valence-corrected chi connectivity index (χ2v) is 16.7. The zero-order chi connectivity index (χ0) is 39.7. The van der Waals surface area contributed by atoms with Crippen molar-refractivity contribution < 1.29 is 36.4 Å². The van der Waals surface area contributed by atoms with Gasteiger partial charge < -0.3 is 19.7 Å². The fraction of sp³-hybridized carbons (Fsp3) is 0.244. The molecule has 5 aromatic carbocycles. The van der Waals surface area contributed by atoms with E-state index in [2.05, 4.69) is 24.6 Å². The van der Waals surface area contributed by atoms with Crippen molar-refractivity contribution in [1.82, 2.24) is 9.62 Å². The summed E-state index contributed by atoms with van der Waals surface area (Å²) in [5.74, 6) is -0.192. The van der Waals surface area contributed by atoms with Gasteiger partial charge in [-0.25, -0.2) is 13.1 Å². The Balaban J connectivity index is 0.903. The summed E-state index contributed by atoms with van der Waals surface area (Å²) in [6, 6.07) is 31.1. The predicted molar refractivity (Wildman–Crippen MR) is 213 cm³/mol. The van der Waals surface area contributed by atoms with E-state index in [0.29, 0.717) is 37.4 Å². The van der Waals surface area contributed by atoms with Crippen LogP contribution in [-0.4, -0.2) is 68.4 Å². The lowest BCUT2D eigenvalue weighted by atomic mass is 9.92. The van der Waals surface area contributed by atoms with E-state index in [0.717, 1.165) is 52.8 Å². The molecule has 3 heterocycles. The molecular formula is C41H37F2N5O7S2. The van der Waals surface area contributed by atoms with Gasteiger partial charge in [-0.2, -0.15) is 0 Å². The number of nitro benzene ring substituents is 1. The van der Waals surface area contributed by atoms with E-state index in [4.69, 9.17) is 4.74 Å². The minimum absolute atomic E-state index is 0.00137. The summed E-state index contributed by atoms with van der Waals surface area (Å²) in [5.41, 5.74) is 4.11. The van der Waals surface area contributed by atoms with Crippen LogP contribution in [0.3, 0.4) is 0 Å². The molecule has 294 valence electrons. The first-order valence-electron chi connectivity index (χ1n) is 18.3. The lowest BCUT2D eigenvalue weighted by Crippen LogP contribution is -2.54. The number of nitrogens with one attached hydrogen (secondary N) is 2. The monoisotopic (exact) mass is 813 g/mol. The Kier molecular flexibility index (Phi) is 10.5. The third-order valence-electron chi connectivity index (χ3n) is 10.2. The van der Waals surface area contributed by atoms with Crippen LogP contribution in [0, 0.1) is 10.1 Å². The van der Waals surface area contributed by atoms with Gasteiger partial charge in [0.05, 0.1) is 9.82 Å². The zero-order valence-corrected chi connectivity index (χ0v) is 32.0. The minimum atomic E-state index is -4.44. The summed E-state index contributed by atoms with van der Waals surface area (Å²) < 4.78 is 66.2. The van der Waals surface area contributed by atoms with Gasteiger partial charge in [-0.3, -0.25) is 19.8 Å². The van der Waals surface area contributed by atoms with Gasteiger partial charge in [-0.05, 0) is 78.1 Å².